The van der Waals surface area contributed by atoms with Gasteiger partial charge in [-0.2, -0.15) is 0 Å². The number of hydrogen-bond acceptors (Lipinski definition) is 1. The molecule has 0 amide bonds. The number of benzene rings is 3. The minimum absolute atomic E-state index is 0.145. The quantitative estimate of drug-likeness (QED) is 0.243. The molecule has 0 aliphatic heterocycles. The summed E-state index contributed by atoms with van der Waals surface area (Å²) in [4.78, 5) is 0. The zero-order valence-electron chi connectivity index (χ0n) is 19.3. The Kier molecular flexibility index (Phi) is 7.63. The molecule has 4 rings (SSSR count). The predicted molar refractivity (Wildman–Crippen MR) is 134 cm³/mol. The van der Waals surface area contributed by atoms with Crippen molar-refractivity contribution in [2.24, 2.45) is 5.92 Å². The minimum atomic E-state index is -0.145. The van der Waals surface area contributed by atoms with Crippen LogP contribution >= 0.6 is 0 Å². The minimum Gasteiger partial charge on any atom is -0.490 e. The van der Waals surface area contributed by atoms with E-state index in [1.807, 2.05) is 36.4 Å². The Morgan fingerprint density at radius 3 is 2.47 bits per heavy atom. The summed E-state index contributed by atoms with van der Waals surface area (Å²) in [6.07, 6.45) is 12.4. The molecule has 1 aliphatic carbocycles. The molecule has 32 heavy (non-hydrogen) atoms. The summed E-state index contributed by atoms with van der Waals surface area (Å²) in [6, 6.07) is 17.9. The van der Waals surface area contributed by atoms with E-state index in [0.29, 0.717) is 23.5 Å². The molecule has 1 nitrogen and oxygen atoms in total. The Balaban J connectivity index is 1.47. The lowest BCUT2D eigenvalue weighted by Crippen LogP contribution is -2.13. The third kappa shape index (κ3) is 5.23. The summed E-state index contributed by atoms with van der Waals surface area (Å²) >= 11 is 0. The van der Waals surface area contributed by atoms with Crippen molar-refractivity contribution in [1.29, 1.82) is 0 Å². The van der Waals surface area contributed by atoms with Gasteiger partial charge >= 0.3 is 0 Å². The van der Waals surface area contributed by atoms with Crippen molar-refractivity contribution in [3.8, 4) is 16.9 Å². The number of unbranched alkanes of at least 4 members (excludes halogenated alkanes) is 2. The summed E-state index contributed by atoms with van der Waals surface area (Å²) in [5, 5.41) is 1.70. The van der Waals surface area contributed by atoms with Crippen molar-refractivity contribution in [3.05, 3.63) is 78.6 Å². The lowest BCUT2D eigenvalue weighted by atomic mass is 9.76. The van der Waals surface area contributed by atoms with Gasteiger partial charge in [-0.1, -0.05) is 87.7 Å². The number of rotatable bonds is 9. The van der Waals surface area contributed by atoms with E-state index >= 15 is 4.39 Å². The summed E-state index contributed by atoms with van der Waals surface area (Å²) in [5.41, 5.74) is 2.87. The Bertz CT molecular complexity index is 1030. The summed E-state index contributed by atoms with van der Waals surface area (Å²) in [5.74, 6) is 2.15. The van der Waals surface area contributed by atoms with Crippen molar-refractivity contribution in [2.75, 3.05) is 6.61 Å². The maximum Gasteiger partial charge on any atom is 0.138 e. The average molecular weight is 431 g/mol. The smallest absolute Gasteiger partial charge is 0.138 e. The average Bonchev–Trinajstić information content (AvgIpc) is 2.84. The van der Waals surface area contributed by atoms with Crippen molar-refractivity contribution in [3.63, 3.8) is 0 Å². The van der Waals surface area contributed by atoms with Crippen molar-refractivity contribution in [1.82, 2.24) is 0 Å². The maximum absolute atomic E-state index is 15.4. The van der Waals surface area contributed by atoms with Gasteiger partial charge < -0.3 is 4.74 Å². The van der Waals surface area contributed by atoms with Crippen LogP contribution < -0.4 is 4.74 Å². The highest BCUT2D eigenvalue weighted by molar-refractivity contribution is 5.89. The highest BCUT2D eigenvalue weighted by Gasteiger charge is 2.22. The van der Waals surface area contributed by atoms with Crippen LogP contribution in [0.4, 0.5) is 4.39 Å². The van der Waals surface area contributed by atoms with E-state index in [1.165, 1.54) is 56.9 Å². The molecule has 168 valence electrons. The number of ether oxygens (including phenoxy) is 1. The lowest BCUT2D eigenvalue weighted by molar-refractivity contribution is 0.303. The third-order valence-corrected chi connectivity index (χ3v) is 7.05. The van der Waals surface area contributed by atoms with Gasteiger partial charge in [0.2, 0.25) is 0 Å². The highest BCUT2D eigenvalue weighted by atomic mass is 19.1. The summed E-state index contributed by atoms with van der Waals surface area (Å²) < 4.78 is 20.9. The molecule has 1 saturated carbocycles. The molecule has 0 atom stereocenters. The van der Waals surface area contributed by atoms with Gasteiger partial charge in [0.05, 0.1) is 0 Å². The molecule has 3 aromatic carbocycles. The maximum atomic E-state index is 15.4. The van der Waals surface area contributed by atoms with E-state index in [1.54, 1.807) is 6.08 Å². The second-order valence-corrected chi connectivity index (χ2v) is 9.25. The first-order valence-electron chi connectivity index (χ1n) is 12.3. The van der Waals surface area contributed by atoms with Gasteiger partial charge in [-0.05, 0) is 66.2 Å². The second-order valence-electron chi connectivity index (χ2n) is 9.25. The van der Waals surface area contributed by atoms with Gasteiger partial charge in [-0.3, -0.25) is 0 Å². The first kappa shape index (κ1) is 22.6. The van der Waals surface area contributed by atoms with Crippen LogP contribution in [0.2, 0.25) is 0 Å². The van der Waals surface area contributed by atoms with Crippen LogP contribution in [0.25, 0.3) is 21.9 Å². The van der Waals surface area contributed by atoms with Gasteiger partial charge in [0.1, 0.15) is 18.2 Å². The zero-order chi connectivity index (χ0) is 22.3. The predicted octanol–water partition coefficient (Wildman–Crippen LogP) is 9.06. The van der Waals surface area contributed by atoms with Gasteiger partial charge in [0.25, 0.3) is 0 Å². The van der Waals surface area contributed by atoms with Gasteiger partial charge in [-0.15, -0.1) is 0 Å². The SMILES string of the molecule is C=CCOc1ccc(-c2ccc3cc([C@H]4CC[C@H](CCCCC)CC4)ccc3c2F)cc1. The van der Waals surface area contributed by atoms with Crippen LogP contribution in [0.5, 0.6) is 5.75 Å². The fraction of sp³-hybridized carbons (Fsp3) is 0.400. The van der Waals surface area contributed by atoms with Crippen molar-refractivity contribution < 1.29 is 9.13 Å². The normalized spacial score (nSPS) is 18.6. The molecule has 0 aromatic heterocycles. The van der Waals surface area contributed by atoms with Crippen LogP contribution in [0.3, 0.4) is 0 Å². The molecule has 0 saturated heterocycles. The van der Waals surface area contributed by atoms with E-state index < -0.39 is 0 Å². The zero-order valence-corrected chi connectivity index (χ0v) is 19.3. The molecule has 0 spiro atoms. The first-order chi connectivity index (χ1) is 15.7. The Morgan fingerprint density at radius 2 is 1.75 bits per heavy atom. The number of fused-ring (bicyclic) bond motifs is 1. The molecular formula is C30H35FO. The van der Waals surface area contributed by atoms with Crippen LogP contribution in [0, 0.1) is 11.7 Å². The topological polar surface area (TPSA) is 9.23 Å². The Labute approximate surface area is 192 Å². The summed E-state index contributed by atoms with van der Waals surface area (Å²) in [6.45, 7) is 6.40. The third-order valence-electron chi connectivity index (χ3n) is 7.05. The molecule has 3 aromatic rings. The molecule has 0 radical (unpaired) electrons. The second kappa shape index (κ2) is 10.8. The molecule has 1 aliphatic rings. The lowest BCUT2D eigenvalue weighted by Gasteiger charge is -2.29. The highest BCUT2D eigenvalue weighted by Crippen LogP contribution is 2.39. The van der Waals surface area contributed by atoms with Crippen molar-refractivity contribution in [2.45, 2.75) is 64.2 Å². The summed E-state index contributed by atoms with van der Waals surface area (Å²) in [7, 11) is 0. The van der Waals surface area contributed by atoms with Gasteiger partial charge in [0.15, 0.2) is 0 Å². The molecule has 0 unspecified atom stereocenters. The molecule has 2 heteroatoms. The van der Waals surface area contributed by atoms with Crippen molar-refractivity contribution >= 4 is 10.8 Å². The van der Waals surface area contributed by atoms with Crippen LogP contribution in [-0.4, -0.2) is 6.61 Å². The fourth-order valence-corrected chi connectivity index (χ4v) is 5.14. The Hall–Kier alpha value is -2.61. The van der Waals surface area contributed by atoms with Crippen LogP contribution in [0.1, 0.15) is 69.8 Å². The van der Waals surface area contributed by atoms with E-state index in [9.17, 15) is 0 Å². The standard InChI is InChI=1S/C30H35FO/c1-3-5-6-7-22-8-10-23(11-9-22)25-14-18-29-26(21-25)15-19-28(30(29)31)24-12-16-27(17-13-24)32-20-4-2/h4,12-19,21-23H,2-3,5-11,20H2,1H3/t22-,23-. The van der Waals surface area contributed by atoms with Gasteiger partial charge in [-0.25, -0.2) is 4.39 Å². The Morgan fingerprint density at radius 1 is 0.969 bits per heavy atom. The molecule has 1 fully saturated rings. The van der Waals surface area contributed by atoms with E-state index in [-0.39, 0.29) is 5.82 Å². The monoisotopic (exact) mass is 430 g/mol. The largest absolute Gasteiger partial charge is 0.490 e. The molecule has 0 heterocycles. The molecule has 0 N–H and O–H groups in total. The van der Waals surface area contributed by atoms with Crippen LogP contribution in [-0.2, 0) is 0 Å². The fourth-order valence-electron chi connectivity index (χ4n) is 5.14. The number of halogens is 1. The van der Waals surface area contributed by atoms with Gasteiger partial charge in [0, 0.05) is 10.9 Å². The van der Waals surface area contributed by atoms with E-state index in [2.05, 4.69) is 31.7 Å². The molecule has 0 bridgehead atoms. The molecular weight excluding hydrogens is 395 g/mol. The van der Waals surface area contributed by atoms with E-state index in [4.69, 9.17) is 4.74 Å². The first-order valence-corrected chi connectivity index (χ1v) is 12.3. The van der Waals surface area contributed by atoms with E-state index in [0.717, 1.165) is 22.6 Å². The van der Waals surface area contributed by atoms with Crippen LogP contribution in [0.15, 0.2) is 67.3 Å². The number of hydrogen-bond donors (Lipinski definition) is 0.